The van der Waals surface area contributed by atoms with Crippen LogP contribution in [0.1, 0.15) is 85.9 Å². The molecule has 0 atom stereocenters. The summed E-state index contributed by atoms with van der Waals surface area (Å²) in [5.41, 5.74) is 5.16. The summed E-state index contributed by atoms with van der Waals surface area (Å²) >= 11 is 0. The molecule has 6 nitrogen and oxygen atoms in total. The first-order valence-corrected chi connectivity index (χ1v) is 15.8. The van der Waals surface area contributed by atoms with Crippen LogP contribution in [0.2, 0.25) is 0 Å². The van der Waals surface area contributed by atoms with Gasteiger partial charge in [-0.05, 0) is 37.1 Å². The molecule has 226 valence electrons. The average Bonchev–Trinajstić information content (AvgIpc) is 3.06. The van der Waals surface area contributed by atoms with Crippen molar-refractivity contribution in [2.45, 2.75) is 65.2 Å². The maximum absolute atomic E-state index is 13.5. The lowest BCUT2D eigenvalue weighted by Gasteiger charge is -2.14. The number of ether oxygens (including phenoxy) is 2. The predicted molar refractivity (Wildman–Crippen MR) is 177 cm³/mol. The molecule has 5 rings (SSSR count). The Hall–Kier alpha value is -4.58. The summed E-state index contributed by atoms with van der Waals surface area (Å²) in [5.74, 6) is -0.807. The maximum Gasteiger partial charge on any atom is 0.338 e. The highest BCUT2D eigenvalue weighted by atomic mass is 16.5. The lowest BCUT2D eigenvalue weighted by atomic mass is 9.99. The Morgan fingerprint density at radius 3 is 1.39 bits per heavy atom. The normalized spacial score (nSPS) is 11.1. The van der Waals surface area contributed by atoms with Gasteiger partial charge in [0.2, 0.25) is 0 Å². The summed E-state index contributed by atoms with van der Waals surface area (Å²) in [7, 11) is 0. The quantitative estimate of drug-likeness (QED) is 0.0730. The minimum atomic E-state index is -0.403. The standard InChI is InChI=1S/C38H40N2O4/c1-3-5-7-15-21-43-37(41)31-24-33(27-17-11-9-12-18-27)39-35-26-36-30(23-29(31)35)32(38(42)44-22-16-8-6-4-2)25-34(40-36)28-19-13-10-14-20-28/h9-14,17-20,23-26H,3-8,15-16,21-22H2,1-2H3. The van der Waals surface area contributed by atoms with E-state index in [1.54, 1.807) is 12.1 Å². The molecule has 0 bridgehead atoms. The number of hydrogen-bond acceptors (Lipinski definition) is 6. The monoisotopic (exact) mass is 588 g/mol. The number of benzene rings is 3. The van der Waals surface area contributed by atoms with Crippen molar-refractivity contribution in [2.24, 2.45) is 0 Å². The van der Waals surface area contributed by atoms with Crippen LogP contribution in [0.15, 0.2) is 84.9 Å². The number of hydrogen-bond donors (Lipinski definition) is 0. The number of aromatic nitrogens is 2. The van der Waals surface area contributed by atoms with Crippen molar-refractivity contribution in [1.82, 2.24) is 9.97 Å². The Bertz CT molecular complexity index is 1590. The van der Waals surface area contributed by atoms with E-state index in [9.17, 15) is 9.59 Å². The van der Waals surface area contributed by atoms with Crippen LogP contribution < -0.4 is 0 Å². The Labute approximate surface area is 259 Å². The molecule has 2 aromatic heterocycles. The summed E-state index contributed by atoms with van der Waals surface area (Å²) in [5, 5.41) is 1.23. The van der Waals surface area contributed by atoms with E-state index in [0.29, 0.717) is 57.5 Å². The van der Waals surface area contributed by atoms with E-state index in [4.69, 9.17) is 19.4 Å². The molecule has 0 aliphatic rings. The van der Waals surface area contributed by atoms with Crippen LogP contribution >= 0.6 is 0 Å². The topological polar surface area (TPSA) is 78.4 Å². The molecule has 6 heteroatoms. The number of unbranched alkanes of at least 4 members (excludes halogenated alkanes) is 6. The fourth-order valence-corrected chi connectivity index (χ4v) is 5.34. The molecular weight excluding hydrogens is 548 g/mol. The Morgan fingerprint density at radius 2 is 0.977 bits per heavy atom. The number of carbonyl (C=O) groups is 2. The van der Waals surface area contributed by atoms with Crippen molar-refractivity contribution >= 4 is 33.7 Å². The Morgan fingerprint density at radius 1 is 0.545 bits per heavy atom. The van der Waals surface area contributed by atoms with E-state index in [-0.39, 0.29) is 0 Å². The van der Waals surface area contributed by atoms with Gasteiger partial charge in [0.1, 0.15) is 0 Å². The van der Waals surface area contributed by atoms with E-state index >= 15 is 0 Å². The van der Waals surface area contributed by atoms with E-state index < -0.39 is 11.9 Å². The first-order chi connectivity index (χ1) is 21.6. The Kier molecular flexibility index (Phi) is 10.7. The van der Waals surface area contributed by atoms with Crippen molar-refractivity contribution < 1.29 is 19.1 Å². The number of nitrogens with zero attached hydrogens (tertiary/aromatic N) is 2. The van der Waals surface area contributed by atoms with E-state index in [1.807, 2.05) is 72.8 Å². The maximum atomic E-state index is 13.5. The summed E-state index contributed by atoms with van der Waals surface area (Å²) in [6.45, 7) is 5.01. The summed E-state index contributed by atoms with van der Waals surface area (Å²) < 4.78 is 11.5. The van der Waals surface area contributed by atoms with Gasteiger partial charge >= 0.3 is 11.9 Å². The second-order valence-corrected chi connectivity index (χ2v) is 11.1. The third-order valence-electron chi connectivity index (χ3n) is 7.78. The lowest BCUT2D eigenvalue weighted by molar-refractivity contribution is 0.0491. The molecule has 0 aliphatic carbocycles. The molecule has 0 saturated heterocycles. The number of rotatable bonds is 14. The molecule has 0 saturated carbocycles. The molecule has 3 aromatic carbocycles. The van der Waals surface area contributed by atoms with Crippen LogP contribution in [0.4, 0.5) is 0 Å². The van der Waals surface area contributed by atoms with Crippen molar-refractivity contribution in [2.75, 3.05) is 13.2 Å². The number of pyridine rings is 2. The summed E-state index contributed by atoms with van der Waals surface area (Å²) in [4.78, 5) is 37.0. The van der Waals surface area contributed by atoms with Gasteiger partial charge in [0.25, 0.3) is 0 Å². The van der Waals surface area contributed by atoms with E-state index in [0.717, 1.165) is 62.5 Å². The van der Waals surface area contributed by atoms with Crippen molar-refractivity contribution in [3.05, 3.63) is 96.1 Å². The van der Waals surface area contributed by atoms with Gasteiger partial charge in [0.05, 0.1) is 46.8 Å². The van der Waals surface area contributed by atoms with Crippen molar-refractivity contribution in [3.8, 4) is 22.5 Å². The first-order valence-electron chi connectivity index (χ1n) is 15.8. The third kappa shape index (κ3) is 7.49. The molecule has 0 radical (unpaired) electrons. The van der Waals surface area contributed by atoms with Gasteiger partial charge in [-0.3, -0.25) is 0 Å². The summed E-state index contributed by atoms with van der Waals surface area (Å²) in [6, 6.07) is 26.8. The van der Waals surface area contributed by atoms with Gasteiger partial charge in [-0.2, -0.15) is 0 Å². The van der Waals surface area contributed by atoms with Gasteiger partial charge in [-0.1, -0.05) is 113 Å². The van der Waals surface area contributed by atoms with Crippen LogP contribution in [-0.4, -0.2) is 35.1 Å². The molecule has 0 unspecified atom stereocenters. The number of fused-ring (bicyclic) bond motifs is 2. The molecule has 2 heterocycles. The second kappa shape index (κ2) is 15.2. The third-order valence-corrected chi connectivity index (χ3v) is 7.78. The highest BCUT2D eigenvalue weighted by molar-refractivity contribution is 6.12. The highest BCUT2D eigenvalue weighted by Gasteiger charge is 2.21. The largest absolute Gasteiger partial charge is 0.462 e. The predicted octanol–water partition coefficient (Wildman–Crippen LogP) is 9.59. The first kappa shape index (κ1) is 30.9. The number of carbonyl (C=O) groups excluding carboxylic acids is 2. The highest BCUT2D eigenvalue weighted by Crippen LogP contribution is 2.32. The molecule has 0 spiro atoms. The van der Waals surface area contributed by atoms with E-state index in [1.165, 1.54) is 0 Å². The number of esters is 2. The minimum absolute atomic E-state index is 0.356. The fraction of sp³-hybridized carbons (Fsp3) is 0.316. The molecule has 5 aromatic rings. The van der Waals surface area contributed by atoms with E-state index in [2.05, 4.69) is 13.8 Å². The lowest BCUT2D eigenvalue weighted by Crippen LogP contribution is -2.10. The Balaban J connectivity index is 1.63. The molecule has 0 amide bonds. The smallest absolute Gasteiger partial charge is 0.338 e. The van der Waals surface area contributed by atoms with Crippen LogP contribution in [0.3, 0.4) is 0 Å². The fourth-order valence-electron chi connectivity index (χ4n) is 5.34. The van der Waals surface area contributed by atoms with Crippen molar-refractivity contribution in [3.63, 3.8) is 0 Å². The molecule has 0 fully saturated rings. The van der Waals surface area contributed by atoms with Crippen molar-refractivity contribution in [1.29, 1.82) is 0 Å². The van der Waals surface area contributed by atoms with Crippen LogP contribution in [0.25, 0.3) is 44.3 Å². The molecular formula is C38H40N2O4. The van der Waals surface area contributed by atoms with Gasteiger partial charge in [-0.15, -0.1) is 0 Å². The van der Waals surface area contributed by atoms with Crippen LogP contribution in [0, 0.1) is 0 Å². The molecule has 0 aliphatic heterocycles. The zero-order valence-electron chi connectivity index (χ0n) is 25.7. The molecule has 44 heavy (non-hydrogen) atoms. The zero-order chi connectivity index (χ0) is 30.7. The minimum Gasteiger partial charge on any atom is -0.462 e. The molecule has 0 N–H and O–H groups in total. The second-order valence-electron chi connectivity index (χ2n) is 11.1. The van der Waals surface area contributed by atoms with Gasteiger partial charge in [0, 0.05) is 21.9 Å². The SMILES string of the molecule is CCCCCCOC(=O)c1cc(-c2ccccc2)nc2cc3nc(-c4ccccc4)cc(C(=O)OCCCCCC)c3cc12. The van der Waals surface area contributed by atoms with Crippen LogP contribution in [-0.2, 0) is 9.47 Å². The average molecular weight is 589 g/mol. The van der Waals surface area contributed by atoms with Gasteiger partial charge in [0.15, 0.2) is 0 Å². The van der Waals surface area contributed by atoms with Gasteiger partial charge in [-0.25, -0.2) is 19.6 Å². The van der Waals surface area contributed by atoms with Crippen LogP contribution in [0.5, 0.6) is 0 Å². The zero-order valence-corrected chi connectivity index (χ0v) is 25.7. The summed E-state index contributed by atoms with van der Waals surface area (Å²) in [6.07, 6.45) is 8.10. The van der Waals surface area contributed by atoms with Gasteiger partial charge < -0.3 is 9.47 Å².